The molecule has 1 saturated heterocycles. The first kappa shape index (κ1) is 21.6. The van der Waals surface area contributed by atoms with Crippen molar-refractivity contribution in [1.29, 1.82) is 0 Å². The SMILES string of the molecule is Cl.O=C(COCC(F)(F)F)NC1CNCCC1c1ccc(F)c(F)c1. The van der Waals surface area contributed by atoms with E-state index in [1.54, 1.807) is 0 Å². The highest BCUT2D eigenvalue weighted by molar-refractivity contribution is 5.85. The molecule has 0 bridgehead atoms. The van der Waals surface area contributed by atoms with Gasteiger partial charge in [0.2, 0.25) is 5.91 Å². The molecule has 2 unspecified atom stereocenters. The Morgan fingerprint density at radius 3 is 2.64 bits per heavy atom. The minimum Gasteiger partial charge on any atom is -0.362 e. The molecule has 0 spiro atoms. The second-order valence-electron chi connectivity index (χ2n) is 5.55. The Hall–Kier alpha value is -1.45. The van der Waals surface area contributed by atoms with Gasteiger partial charge in [-0.2, -0.15) is 13.2 Å². The maximum absolute atomic E-state index is 13.4. The van der Waals surface area contributed by atoms with Crippen molar-refractivity contribution in [2.45, 2.75) is 24.6 Å². The van der Waals surface area contributed by atoms with E-state index in [4.69, 9.17) is 0 Å². The molecule has 1 aliphatic heterocycles. The zero-order valence-electron chi connectivity index (χ0n) is 13.0. The van der Waals surface area contributed by atoms with Crippen molar-refractivity contribution in [3.63, 3.8) is 0 Å². The fourth-order valence-electron chi connectivity index (χ4n) is 2.66. The van der Waals surface area contributed by atoms with Gasteiger partial charge < -0.3 is 15.4 Å². The minimum atomic E-state index is -4.50. The summed E-state index contributed by atoms with van der Waals surface area (Å²) in [5.41, 5.74) is 0.525. The lowest BCUT2D eigenvalue weighted by Gasteiger charge is -2.33. The highest BCUT2D eigenvalue weighted by Gasteiger charge is 2.30. The molecule has 1 aromatic rings. The zero-order valence-corrected chi connectivity index (χ0v) is 13.9. The van der Waals surface area contributed by atoms with Crippen LogP contribution >= 0.6 is 12.4 Å². The summed E-state index contributed by atoms with van der Waals surface area (Å²) in [6.07, 6.45) is -3.93. The second-order valence-corrected chi connectivity index (χ2v) is 5.55. The average Bonchev–Trinajstić information content (AvgIpc) is 2.49. The van der Waals surface area contributed by atoms with Crippen LogP contribution in [0.5, 0.6) is 0 Å². The van der Waals surface area contributed by atoms with E-state index in [1.807, 2.05) is 0 Å². The smallest absolute Gasteiger partial charge is 0.362 e. The van der Waals surface area contributed by atoms with E-state index in [9.17, 15) is 26.7 Å². The molecule has 0 saturated carbocycles. The van der Waals surface area contributed by atoms with Crippen molar-refractivity contribution in [2.75, 3.05) is 26.3 Å². The van der Waals surface area contributed by atoms with E-state index in [1.165, 1.54) is 6.07 Å². The fourth-order valence-corrected chi connectivity index (χ4v) is 2.66. The van der Waals surface area contributed by atoms with Gasteiger partial charge in [-0.1, -0.05) is 6.07 Å². The highest BCUT2D eigenvalue weighted by Crippen LogP contribution is 2.27. The van der Waals surface area contributed by atoms with Gasteiger partial charge in [0, 0.05) is 18.5 Å². The Morgan fingerprint density at radius 1 is 1.28 bits per heavy atom. The molecule has 1 aliphatic rings. The molecule has 25 heavy (non-hydrogen) atoms. The third-order valence-corrected chi connectivity index (χ3v) is 3.70. The largest absolute Gasteiger partial charge is 0.411 e. The lowest BCUT2D eigenvalue weighted by Crippen LogP contribution is -2.51. The molecule has 2 rings (SSSR count). The van der Waals surface area contributed by atoms with Crippen LogP contribution in [0.4, 0.5) is 22.0 Å². The van der Waals surface area contributed by atoms with E-state index in [-0.39, 0.29) is 18.3 Å². The van der Waals surface area contributed by atoms with Gasteiger partial charge in [0.05, 0.1) is 0 Å². The Labute approximate surface area is 147 Å². The van der Waals surface area contributed by atoms with Crippen LogP contribution in [-0.4, -0.2) is 44.4 Å². The first-order chi connectivity index (χ1) is 11.3. The van der Waals surface area contributed by atoms with Crippen LogP contribution in [0, 0.1) is 11.6 Å². The molecule has 10 heteroatoms. The molecule has 1 amide bonds. The van der Waals surface area contributed by atoms with Crippen molar-refractivity contribution < 1.29 is 31.5 Å². The number of carbonyl (C=O) groups excluding carboxylic acids is 1. The van der Waals surface area contributed by atoms with E-state index in [0.717, 1.165) is 12.1 Å². The summed E-state index contributed by atoms with van der Waals surface area (Å²) >= 11 is 0. The summed E-state index contributed by atoms with van der Waals surface area (Å²) in [7, 11) is 0. The van der Waals surface area contributed by atoms with Crippen molar-refractivity contribution in [1.82, 2.24) is 10.6 Å². The van der Waals surface area contributed by atoms with E-state index < -0.39 is 43.0 Å². The molecule has 1 fully saturated rings. The molecule has 0 aromatic heterocycles. The number of hydrogen-bond donors (Lipinski definition) is 2. The number of piperidine rings is 1. The third-order valence-electron chi connectivity index (χ3n) is 3.70. The number of carbonyl (C=O) groups is 1. The Kier molecular flexibility index (Phi) is 8.04. The van der Waals surface area contributed by atoms with Crippen LogP contribution in [0.2, 0.25) is 0 Å². The molecule has 1 heterocycles. The number of amides is 1. The topological polar surface area (TPSA) is 50.4 Å². The summed E-state index contributed by atoms with van der Waals surface area (Å²) < 4.78 is 66.7. The van der Waals surface area contributed by atoms with E-state index in [0.29, 0.717) is 25.1 Å². The predicted molar refractivity (Wildman–Crippen MR) is 82.6 cm³/mol. The highest BCUT2D eigenvalue weighted by atomic mass is 35.5. The van der Waals surface area contributed by atoms with Crippen molar-refractivity contribution in [2.24, 2.45) is 0 Å². The number of rotatable bonds is 5. The summed E-state index contributed by atoms with van der Waals surface area (Å²) in [6, 6.07) is 3.07. The predicted octanol–water partition coefficient (Wildman–Crippen LogP) is 2.53. The molecule has 142 valence electrons. The fraction of sp³-hybridized carbons (Fsp3) is 0.533. The number of halogens is 6. The van der Waals surface area contributed by atoms with Crippen LogP contribution in [0.1, 0.15) is 17.9 Å². The van der Waals surface area contributed by atoms with Gasteiger partial charge >= 0.3 is 6.18 Å². The average molecular weight is 389 g/mol. The van der Waals surface area contributed by atoms with Crippen LogP contribution in [0.25, 0.3) is 0 Å². The van der Waals surface area contributed by atoms with Gasteiger partial charge in [0.25, 0.3) is 0 Å². The van der Waals surface area contributed by atoms with Crippen molar-refractivity contribution in [3.8, 4) is 0 Å². The van der Waals surface area contributed by atoms with Crippen LogP contribution in [0.15, 0.2) is 18.2 Å². The van der Waals surface area contributed by atoms with Crippen molar-refractivity contribution in [3.05, 3.63) is 35.4 Å². The van der Waals surface area contributed by atoms with Crippen LogP contribution in [-0.2, 0) is 9.53 Å². The van der Waals surface area contributed by atoms with Crippen LogP contribution in [0.3, 0.4) is 0 Å². The molecule has 1 aromatic carbocycles. The standard InChI is InChI=1S/C15H17F5N2O2.ClH/c16-11-2-1-9(5-12(11)17)10-3-4-21-6-13(10)22-14(23)7-24-8-15(18,19)20;/h1-2,5,10,13,21H,3-4,6-8H2,(H,22,23);1H. The maximum atomic E-state index is 13.4. The van der Waals surface area contributed by atoms with Gasteiger partial charge in [0.15, 0.2) is 11.6 Å². The van der Waals surface area contributed by atoms with Gasteiger partial charge in [-0.25, -0.2) is 8.78 Å². The van der Waals surface area contributed by atoms with Gasteiger partial charge in [-0.05, 0) is 30.7 Å². The molecular weight excluding hydrogens is 371 g/mol. The third kappa shape index (κ3) is 6.75. The summed E-state index contributed by atoms with van der Waals surface area (Å²) in [5, 5.41) is 5.62. The number of ether oxygens (including phenoxy) is 1. The molecule has 0 radical (unpaired) electrons. The molecular formula is C15H18ClF5N2O2. The zero-order chi connectivity index (χ0) is 17.7. The quantitative estimate of drug-likeness (QED) is 0.762. The molecule has 4 nitrogen and oxygen atoms in total. The Balaban J connectivity index is 0.00000312. The number of hydrogen-bond acceptors (Lipinski definition) is 3. The lowest BCUT2D eigenvalue weighted by atomic mass is 9.86. The monoisotopic (exact) mass is 388 g/mol. The number of alkyl halides is 3. The lowest BCUT2D eigenvalue weighted by molar-refractivity contribution is -0.175. The number of nitrogens with one attached hydrogen (secondary N) is 2. The Bertz CT molecular complexity index is 586. The summed E-state index contributed by atoms with van der Waals surface area (Å²) in [4.78, 5) is 11.7. The maximum Gasteiger partial charge on any atom is 0.411 e. The molecule has 2 atom stereocenters. The van der Waals surface area contributed by atoms with Gasteiger partial charge in [-0.15, -0.1) is 12.4 Å². The summed E-state index contributed by atoms with van der Waals surface area (Å²) in [6.45, 7) is -1.23. The Morgan fingerprint density at radius 2 is 2.00 bits per heavy atom. The van der Waals surface area contributed by atoms with E-state index in [2.05, 4.69) is 15.4 Å². The van der Waals surface area contributed by atoms with E-state index >= 15 is 0 Å². The molecule has 0 aliphatic carbocycles. The normalized spacial score (nSPS) is 20.7. The van der Waals surface area contributed by atoms with Crippen molar-refractivity contribution >= 4 is 18.3 Å². The van der Waals surface area contributed by atoms with Crippen LogP contribution < -0.4 is 10.6 Å². The molecule has 2 N–H and O–H groups in total. The second kappa shape index (κ2) is 9.30. The summed E-state index contributed by atoms with van der Waals surface area (Å²) in [5.74, 6) is -2.91. The minimum absolute atomic E-state index is 0. The first-order valence-electron chi connectivity index (χ1n) is 7.36. The van der Waals surface area contributed by atoms with Gasteiger partial charge in [0.1, 0.15) is 13.2 Å². The first-order valence-corrected chi connectivity index (χ1v) is 7.36. The van der Waals surface area contributed by atoms with Gasteiger partial charge in [-0.3, -0.25) is 4.79 Å². The number of benzene rings is 1.